The van der Waals surface area contributed by atoms with Crippen molar-refractivity contribution in [3.05, 3.63) is 29.3 Å². The number of thiophene rings is 1. The minimum absolute atomic E-state index is 0.0406. The van der Waals surface area contributed by atoms with Gasteiger partial charge in [0.25, 0.3) is 0 Å². The van der Waals surface area contributed by atoms with Gasteiger partial charge in [-0.3, -0.25) is 15.1 Å². The highest BCUT2D eigenvalue weighted by Gasteiger charge is 2.22. The Morgan fingerprint density at radius 2 is 2.16 bits per heavy atom. The predicted octanol–water partition coefficient (Wildman–Crippen LogP) is 2.46. The lowest BCUT2D eigenvalue weighted by molar-refractivity contribution is -0.121. The highest BCUT2D eigenvalue weighted by molar-refractivity contribution is 7.17. The molecule has 0 radical (unpaired) electrons. The molecule has 0 saturated heterocycles. The first-order valence-corrected chi connectivity index (χ1v) is 7.25. The fourth-order valence-electron chi connectivity index (χ4n) is 2.07. The Morgan fingerprint density at radius 3 is 2.79 bits per heavy atom. The number of pyridine rings is 1. The van der Waals surface area contributed by atoms with E-state index < -0.39 is 0 Å². The van der Waals surface area contributed by atoms with Gasteiger partial charge in [-0.15, -0.1) is 11.3 Å². The lowest BCUT2D eigenvalue weighted by Gasteiger charge is -2.23. The van der Waals surface area contributed by atoms with Gasteiger partial charge in [-0.1, -0.05) is 13.8 Å². The SMILES string of the molecule is CC(NC(C(N)=O)C(C)C)c1cnc2ccsc2c1. The van der Waals surface area contributed by atoms with Crippen molar-refractivity contribution < 1.29 is 4.79 Å². The third kappa shape index (κ3) is 3.11. The third-order valence-corrected chi connectivity index (χ3v) is 4.08. The van der Waals surface area contributed by atoms with E-state index in [9.17, 15) is 4.79 Å². The molecule has 0 aliphatic rings. The van der Waals surface area contributed by atoms with Gasteiger partial charge in [-0.05, 0) is 35.9 Å². The lowest BCUT2D eigenvalue weighted by Crippen LogP contribution is -2.45. The molecule has 0 saturated carbocycles. The number of amides is 1. The standard InChI is InChI=1S/C14H19N3OS/c1-8(2)13(14(15)18)17-9(3)10-6-12-11(16-7-10)4-5-19-12/h4-9,13,17H,1-3H3,(H2,15,18). The van der Waals surface area contributed by atoms with Crippen LogP contribution in [0.2, 0.25) is 0 Å². The Hall–Kier alpha value is -1.46. The molecule has 2 unspecified atom stereocenters. The van der Waals surface area contributed by atoms with E-state index in [0.29, 0.717) is 0 Å². The van der Waals surface area contributed by atoms with Crippen molar-refractivity contribution in [2.75, 3.05) is 0 Å². The summed E-state index contributed by atoms with van der Waals surface area (Å²) in [5.41, 5.74) is 7.50. The van der Waals surface area contributed by atoms with Gasteiger partial charge in [0.1, 0.15) is 0 Å². The van der Waals surface area contributed by atoms with E-state index in [1.807, 2.05) is 38.4 Å². The highest BCUT2D eigenvalue weighted by atomic mass is 32.1. The molecule has 0 aliphatic carbocycles. The average Bonchev–Trinajstić information content (AvgIpc) is 2.81. The molecule has 5 heteroatoms. The van der Waals surface area contributed by atoms with Crippen molar-refractivity contribution in [1.82, 2.24) is 10.3 Å². The van der Waals surface area contributed by atoms with Crippen LogP contribution in [0, 0.1) is 5.92 Å². The topological polar surface area (TPSA) is 68.0 Å². The molecule has 2 aromatic rings. The average molecular weight is 277 g/mol. The zero-order valence-electron chi connectivity index (χ0n) is 11.4. The Bertz CT molecular complexity index is 579. The molecule has 2 aromatic heterocycles. The Labute approximate surface area is 117 Å². The smallest absolute Gasteiger partial charge is 0.234 e. The van der Waals surface area contributed by atoms with E-state index in [0.717, 1.165) is 15.8 Å². The fourth-order valence-corrected chi connectivity index (χ4v) is 2.86. The molecule has 2 atom stereocenters. The van der Waals surface area contributed by atoms with E-state index in [1.54, 1.807) is 11.3 Å². The summed E-state index contributed by atoms with van der Waals surface area (Å²) >= 11 is 1.67. The molecule has 4 nitrogen and oxygen atoms in total. The molecule has 102 valence electrons. The van der Waals surface area contributed by atoms with Crippen LogP contribution in [0.4, 0.5) is 0 Å². The van der Waals surface area contributed by atoms with Gasteiger partial charge in [0, 0.05) is 12.2 Å². The minimum Gasteiger partial charge on any atom is -0.368 e. The lowest BCUT2D eigenvalue weighted by atomic mass is 10.0. The van der Waals surface area contributed by atoms with E-state index in [2.05, 4.69) is 16.4 Å². The summed E-state index contributed by atoms with van der Waals surface area (Å²) in [6, 6.07) is 3.83. The van der Waals surface area contributed by atoms with Gasteiger partial charge in [0.15, 0.2) is 0 Å². The van der Waals surface area contributed by atoms with Crippen LogP contribution in [0.5, 0.6) is 0 Å². The van der Waals surface area contributed by atoms with E-state index in [1.165, 1.54) is 0 Å². The van der Waals surface area contributed by atoms with E-state index in [-0.39, 0.29) is 23.9 Å². The normalized spacial score (nSPS) is 14.7. The molecule has 3 N–H and O–H groups in total. The summed E-state index contributed by atoms with van der Waals surface area (Å²) in [4.78, 5) is 15.8. The second-order valence-corrected chi connectivity index (χ2v) is 6.03. The van der Waals surface area contributed by atoms with Crippen molar-refractivity contribution in [1.29, 1.82) is 0 Å². The molecule has 0 aliphatic heterocycles. The number of nitrogens with zero attached hydrogens (tertiary/aromatic N) is 1. The molecule has 0 aromatic carbocycles. The van der Waals surface area contributed by atoms with Gasteiger partial charge >= 0.3 is 0 Å². The molecule has 2 heterocycles. The number of nitrogens with two attached hydrogens (primary N) is 1. The van der Waals surface area contributed by atoms with Crippen molar-refractivity contribution in [2.24, 2.45) is 11.7 Å². The minimum atomic E-state index is -0.325. The summed E-state index contributed by atoms with van der Waals surface area (Å²) in [6.07, 6.45) is 1.85. The zero-order valence-corrected chi connectivity index (χ0v) is 12.2. The van der Waals surface area contributed by atoms with Crippen LogP contribution in [0.3, 0.4) is 0 Å². The first kappa shape index (κ1) is 14.0. The number of carbonyl (C=O) groups excluding carboxylic acids is 1. The number of hydrogen-bond acceptors (Lipinski definition) is 4. The Morgan fingerprint density at radius 1 is 1.42 bits per heavy atom. The second-order valence-electron chi connectivity index (χ2n) is 5.09. The van der Waals surface area contributed by atoms with Gasteiger partial charge in [-0.25, -0.2) is 0 Å². The van der Waals surface area contributed by atoms with Crippen LogP contribution in [-0.4, -0.2) is 16.9 Å². The van der Waals surface area contributed by atoms with E-state index in [4.69, 9.17) is 5.73 Å². The van der Waals surface area contributed by atoms with Crippen LogP contribution >= 0.6 is 11.3 Å². The second kappa shape index (κ2) is 5.67. The van der Waals surface area contributed by atoms with Crippen LogP contribution in [0.1, 0.15) is 32.4 Å². The quantitative estimate of drug-likeness (QED) is 0.882. The van der Waals surface area contributed by atoms with Crippen molar-refractivity contribution in [3.8, 4) is 0 Å². The number of rotatable bonds is 5. The third-order valence-electron chi connectivity index (χ3n) is 3.23. The largest absolute Gasteiger partial charge is 0.368 e. The van der Waals surface area contributed by atoms with Crippen LogP contribution < -0.4 is 11.1 Å². The molecule has 0 bridgehead atoms. The van der Waals surface area contributed by atoms with E-state index >= 15 is 0 Å². The zero-order chi connectivity index (χ0) is 14.0. The molecule has 1 amide bonds. The summed E-state index contributed by atoms with van der Waals surface area (Å²) in [5.74, 6) is -0.148. The van der Waals surface area contributed by atoms with Gasteiger partial charge < -0.3 is 5.73 Å². The summed E-state index contributed by atoms with van der Waals surface area (Å²) in [7, 11) is 0. The van der Waals surface area contributed by atoms with Gasteiger partial charge in [0.2, 0.25) is 5.91 Å². The molecule has 0 fully saturated rings. The highest BCUT2D eigenvalue weighted by Crippen LogP contribution is 2.23. The fraction of sp³-hybridized carbons (Fsp3) is 0.429. The monoisotopic (exact) mass is 277 g/mol. The molecule has 19 heavy (non-hydrogen) atoms. The van der Waals surface area contributed by atoms with Crippen molar-refractivity contribution >= 4 is 27.5 Å². The predicted molar refractivity (Wildman–Crippen MR) is 79.0 cm³/mol. The maximum absolute atomic E-state index is 11.4. The number of aromatic nitrogens is 1. The number of fused-ring (bicyclic) bond motifs is 1. The summed E-state index contributed by atoms with van der Waals surface area (Å²) in [5, 5.41) is 5.31. The number of nitrogens with one attached hydrogen (secondary N) is 1. The first-order chi connectivity index (χ1) is 8.99. The van der Waals surface area contributed by atoms with Gasteiger partial charge in [0.05, 0.1) is 16.3 Å². The molecule has 2 rings (SSSR count). The number of hydrogen-bond donors (Lipinski definition) is 2. The number of carbonyl (C=O) groups is 1. The molecular weight excluding hydrogens is 258 g/mol. The Kier molecular flexibility index (Phi) is 4.17. The maximum Gasteiger partial charge on any atom is 0.234 e. The van der Waals surface area contributed by atoms with Crippen molar-refractivity contribution in [3.63, 3.8) is 0 Å². The number of primary amides is 1. The maximum atomic E-state index is 11.4. The molecular formula is C14H19N3OS. The summed E-state index contributed by atoms with van der Waals surface area (Å²) in [6.45, 7) is 5.99. The van der Waals surface area contributed by atoms with Crippen LogP contribution in [0.15, 0.2) is 23.7 Å². The summed E-state index contributed by atoms with van der Waals surface area (Å²) < 4.78 is 1.16. The van der Waals surface area contributed by atoms with Crippen molar-refractivity contribution in [2.45, 2.75) is 32.9 Å². The Balaban J connectivity index is 2.18. The van der Waals surface area contributed by atoms with Crippen LogP contribution in [0.25, 0.3) is 10.2 Å². The van der Waals surface area contributed by atoms with Crippen LogP contribution in [-0.2, 0) is 4.79 Å². The first-order valence-electron chi connectivity index (χ1n) is 6.37. The van der Waals surface area contributed by atoms with Gasteiger partial charge in [-0.2, -0.15) is 0 Å². The molecule has 0 spiro atoms.